The molecular weight excluding hydrogens is 228 g/mol. The van der Waals surface area contributed by atoms with Crippen LogP contribution >= 0.6 is 0 Å². The summed E-state index contributed by atoms with van der Waals surface area (Å²) in [5, 5.41) is 3.55. The molecule has 0 aromatic heterocycles. The highest BCUT2D eigenvalue weighted by Gasteiger charge is 2.28. The first kappa shape index (κ1) is 11.7. The van der Waals surface area contributed by atoms with Crippen molar-refractivity contribution in [2.24, 2.45) is 0 Å². The third-order valence-electron chi connectivity index (χ3n) is 4.01. The van der Waals surface area contributed by atoms with Gasteiger partial charge in [0.25, 0.3) is 0 Å². The van der Waals surface area contributed by atoms with Crippen molar-refractivity contribution in [1.29, 1.82) is 0 Å². The molecule has 0 radical (unpaired) electrons. The van der Waals surface area contributed by atoms with E-state index in [0.29, 0.717) is 6.04 Å². The molecule has 2 aliphatic heterocycles. The molecule has 2 heterocycles. The Hall–Kier alpha value is -1.42. The molecule has 0 bridgehead atoms. The third kappa shape index (κ3) is 1.90. The zero-order chi connectivity index (χ0) is 12.5. The lowest BCUT2D eigenvalue weighted by Crippen LogP contribution is -2.31. The molecule has 18 heavy (non-hydrogen) atoms. The molecule has 4 nitrogen and oxygen atoms in total. The van der Waals surface area contributed by atoms with Gasteiger partial charge in [0.05, 0.1) is 14.2 Å². The van der Waals surface area contributed by atoms with Crippen LogP contribution < -0.4 is 14.8 Å². The first-order chi connectivity index (χ1) is 8.81. The molecule has 2 aliphatic rings. The van der Waals surface area contributed by atoms with E-state index in [1.165, 1.54) is 30.6 Å². The summed E-state index contributed by atoms with van der Waals surface area (Å²) in [6.07, 6.45) is 2.62. The second-order valence-corrected chi connectivity index (χ2v) is 5.01. The Bertz CT molecular complexity index is 448. The summed E-state index contributed by atoms with van der Waals surface area (Å²) in [4.78, 5) is 2.56. The molecule has 0 aliphatic carbocycles. The molecule has 4 heteroatoms. The van der Waals surface area contributed by atoms with Gasteiger partial charge in [0.2, 0.25) is 0 Å². The average molecular weight is 248 g/mol. The van der Waals surface area contributed by atoms with E-state index in [-0.39, 0.29) is 0 Å². The van der Waals surface area contributed by atoms with E-state index < -0.39 is 0 Å². The largest absolute Gasteiger partial charge is 0.493 e. The summed E-state index contributed by atoms with van der Waals surface area (Å²) in [6, 6.07) is 4.83. The molecule has 98 valence electrons. The van der Waals surface area contributed by atoms with Crippen molar-refractivity contribution in [2.75, 3.05) is 32.6 Å². The van der Waals surface area contributed by atoms with Gasteiger partial charge in [0.15, 0.2) is 11.5 Å². The van der Waals surface area contributed by atoms with Crippen LogP contribution in [-0.2, 0) is 6.54 Å². The van der Waals surface area contributed by atoms with Crippen molar-refractivity contribution in [1.82, 2.24) is 4.90 Å². The Balaban J connectivity index is 1.96. The SMILES string of the molecule is COc1cc2c(cc1OC)NC[C@H]1CCCN1C2. The fraction of sp³-hybridized carbons (Fsp3) is 0.571. The maximum absolute atomic E-state index is 5.38. The summed E-state index contributed by atoms with van der Waals surface area (Å²) >= 11 is 0. The van der Waals surface area contributed by atoms with Crippen LogP contribution in [0.5, 0.6) is 11.5 Å². The van der Waals surface area contributed by atoms with E-state index in [1.807, 2.05) is 0 Å². The Kier molecular flexibility index (Phi) is 3.04. The van der Waals surface area contributed by atoms with Gasteiger partial charge in [-0.2, -0.15) is 0 Å². The predicted molar refractivity (Wildman–Crippen MR) is 71.5 cm³/mol. The minimum atomic E-state index is 0.675. The summed E-state index contributed by atoms with van der Waals surface area (Å²) < 4.78 is 10.7. The van der Waals surface area contributed by atoms with E-state index in [2.05, 4.69) is 22.3 Å². The van der Waals surface area contributed by atoms with Crippen molar-refractivity contribution in [2.45, 2.75) is 25.4 Å². The molecule has 1 aromatic carbocycles. The maximum atomic E-state index is 5.38. The average Bonchev–Trinajstić information content (AvgIpc) is 2.77. The molecule has 0 amide bonds. The quantitative estimate of drug-likeness (QED) is 0.869. The van der Waals surface area contributed by atoms with Crippen LogP contribution in [0.3, 0.4) is 0 Å². The highest BCUT2D eigenvalue weighted by Crippen LogP contribution is 2.36. The van der Waals surface area contributed by atoms with E-state index in [4.69, 9.17) is 9.47 Å². The van der Waals surface area contributed by atoms with E-state index in [1.54, 1.807) is 14.2 Å². The number of hydrogen-bond donors (Lipinski definition) is 1. The van der Waals surface area contributed by atoms with Gasteiger partial charge < -0.3 is 14.8 Å². The number of ether oxygens (including phenoxy) is 2. The Morgan fingerprint density at radius 1 is 1.22 bits per heavy atom. The number of fused-ring (bicyclic) bond motifs is 2. The second kappa shape index (κ2) is 4.69. The standard InChI is InChI=1S/C14H20N2O2/c1-17-13-6-10-9-16-5-3-4-11(16)8-15-12(10)7-14(13)18-2/h6-7,11,15H,3-5,8-9H2,1-2H3/t11-/m1/s1. The molecule has 1 aromatic rings. The normalized spacial score (nSPS) is 22.7. The van der Waals surface area contributed by atoms with Crippen LogP contribution in [0.2, 0.25) is 0 Å². The van der Waals surface area contributed by atoms with E-state index >= 15 is 0 Å². The summed E-state index contributed by atoms with van der Waals surface area (Å²) in [5.41, 5.74) is 2.49. The lowest BCUT2D eigenvalue weighted by atomic mass is 10.1. The molecule has 1 fully saturated rings. The zero-order valence-corrected chi connectivity index (χ0v) is 11.0. The number of rotatable bonds is 2. The summed E-state index contributed by atoms with van der Waals surface area (Å²) in [6.45, 7) is 3.25. The van der Waals surface area contributed by atoms with Crippen molar-refractivity contribution < 1.29 is 9.47 Å². The van der Waals surface area contributed by atoms with Crippen molar-refractivity contribution in [3.8, 4) is 11.5 Å². The first-order valence-corrected chi connectivity index (χ1v) is 6.54. The molecular formula is C14H20N2O2. The Morgan fingerprint density at radius 3 is 2.78 bits per heavy atom. The fourth-order valence-electron chi connectivity index (χ4n) is 3.00. The fourth-order valence-corrected chi connectivity index (χ4v) is 3.00. The highest BCUT2D eigenvalue weighted by atomic mass is 16.5. The highest BCUT2D eigenvalue weighted by molar-refractivity contribution is 5.61. The van der Waals surface area contributed by atoms with Crippen molar-refractivity contribution >= 4 is 5.69 Å². The number of nitrogens with zero attached hydrogens (tertiary/aromatic N) is 1. The zero-order valence-electron chi connectivity index (χ0n) is 11.0. The van der Waals surface area contributed by atoms with Gasteiger partial charge in [-0.3, -0.25) is 4.90 Å². The van der Waals surface area contributed by atoms with Gasteiger partial charge in [-0.1, -0.05) is 0 Å². The van der Waals surface area contributed by atoms with Crippen LogP contribution in [0, 0.1) is 0 Å². The molecule has 1 saturated heterocycles. The molecule has 1 atom stereocenters. The molecule has 3 rings (SSSR count). The minimum Gasteiger partial charge on any atom is -0.493 e. The monoisotopic (exact) mass is 248 g/mol. The number of hydrogen-bond acceptors (Lipinski definition) is 4. The van der Waals surface area contributed by atoms with Gasteiger partial charge in [0.1, 0.15) is 0 Å². The predicted octanol–water partition coefficient (Wildman–Crippen LogP) is 2.09. The third-order valence-corrected chi connectivity index (χ3v) is 4.01. The maximum Gasteiger partial charge on any atom is 0.162 e. The van der Waals surface area contributed by atoms with Crippen LogP contribution in [0.25, 0.3) is 0 Å². The first-order valence-electron chi connectivity index (χ1n) is 6.54. The topological polar surface area (TPSA) is 33.7 Å². The van der Waals surface area contributed by atoms with Gasteiger partial charge in [-0.05, 0) is 31.0 Å². The summed E-state index contributed by atoms with van der Waals surface area (Å²) in [5.74, 6) is 1.61. The number of benzene rings is 1. The van der Waals surface area contributed by atoms with Crippen molar-refractivity contribution in [3.05, 3.63) is 17.7 Å². The Labute approximate surface area is 108 Å². The van der Waals surface area contributed by atoms with Crippen LogP contribution in [0.4, 0.5) is 5.69 Å². The van der Waals surface area contributed by atoms with Gasteiger partial charge in [0, 0.05) is 30.9 Å². The molecule has 0 spiro atoms. The smallest absolute Gasteiger partial charge is 0.162 e. The van der Waals surface area contributed by atoms with Crippen LogP contribution in [0.15, 0.2) is 12.1 Å². The molecule has 1 N–H and O–H groups in total. The number of anilines is 1. The second-order valence-electron chi connectivity index (χ2n) is 5.01. The lowest BCUT2D eigenvalue weighted by molar-refractivity contribution is 0.259. The van der Waals surface area contributed by atoms with Gasteiger partial charge in [-0.25, -0.2) is 0 Å². The minimum absolute atomic E-state index is 0.675. The lowest BCUT2D eigenvalue weighted by Gasteiger charge is -2.20. The number of nitrogens with one attached hydrogen (secondary N) is 1. The van der Waals surface area contributed by atoms with Crippen LogP contribution in [0.1, 0.15) is 18.4 Å². The molecule has 0 saturated carbocycles. The van der Waals surface area contributed by atoms with Gasteiger partial charge >= 0.3 is 0 Å². The van der Waals surface area contributed by atoms with E-state index in [9.17, 15) is 0 Å². The molecule has 0 unspecified atom stereocenters. The summed E-state index contributed by atoms with van der Waals surface area (Å²) in [7, 11) is 3.37. The Morgan fingerprint density at radius 2 is 2.00 bits per heavy atom. The van der Waals surface area contributed by atoms with E-state index in [0.717, 1.165) is 24.6 Å². The number of methoxy groups -OCH3 is 2. The van der Waals surface area contributed by atoms with Gasteiger partial charge in [-0.15, -0.1) is 0 Å². The van der Waals surface area contributed by atoms with Crippen molar-refractivity contribution in [3.63, 3.8) is 0 Å². The van der Waals surface area contributed by atoms with Crippen LogP contribution in [-0.4, -0.2) is 38.3 Å².